The van der Waals surface area contributed by atoms with E-state index < -0.39 is 0 Å². The standard InChI is InChI=1S/C34H46ClN3S/c1-5-9-32-31(18-19-34(35)36-32)28-15-13-25-12-14-26-20-33(25)38(22-28)21-27-16-17-30(27)23(3)10-7-8-11-29(6-2)39-37-24(26)4/h7,10,12,14,18-20,23,27-30,37H,4-6,8-9,11,13,15-17,21-22H2,1-3H3/b10-7+. The van der Waals surface area contributed by atoms with Crippen LogP contribution in [0.1, 0.15) is 94.0 Å². The fourth-order valence-electron chi connectivity index (χ4n) is 6.86. The Hall–Kier alpha value is -1.91. The maximum atomic E-state index is 6.35. The highest BCUT2D eigenvalue weighted by Gasteiger charge is 2.36. The highest BCUT2D eigenvalue weighted by atomic mass is 35.5. The zero-order chi connectivity index (χ0) is 27.4. The lowest BCUT2D eigenvalue weighted by Crippen LogP contribution is -2.42. The van der Waals surface area contributed by atoms with E-state index in [0.29, 0.717) is 22.2 Å². The zero-order valence-electron chi connectivity index (χ0n) is 24.1. The minimum atomic E-state index is 0.454. The van der Waals surface area contributed by atoms with Crippen molar-refractivity contribution in [1.29, 1.82) is 0 Å². The number of aryl methyl sites for hydroxylation is 2. The molecular formula is C34H46ClN3S. The van der Waals surface area contributed by atoms with Crippen molar-refractivity contribution in [2.75, 3.05) is 18.0 Å². The lowest BCUT2D eigenvalue weighted by atomic mass is 9.67. The number of rotatable bonds is 4. The highest BCUT2D eigenvalue weighted by Crippen LogP contribution is 2.44. The smallest absolute Gasteiger partial charge is 0.129 e. The van der Waals surface area contributed by atoms with Crippen LogP contribution in [0.4, 0.5) is 5.69 Å². The maximum absolute atomic E-state index is 6.35. The third-order valence-electron chi connectivity index (χ3n) is 9.39. The van der Waals surface area contributed by atoms with Gasteiger partial charge in [-0.2, -0.15) is 0 Å². The third kappa shape index (κ3) is 6.70. The molecule has 1 N–H and O–H groups in total. The summed E-state index contributed by atoms with van der Waals surface area (Å²) in [4.78, 5) is 7.52. The summed E-state index contributed by atoms with van der Waals surface area (Å²) >= 11 is 8.20. The first kappa shape index (κ1) is 28.6. The molecule has 5 rings (SSSR count). The average Bonchev–Trinajstić information content (AvgIpc) is 3.09. The molecule has 2 aromatic rings. The van der Waals surface area contributed by atoms with Crippen molar-refractivity contribution in [3.8, 4) is 0 Å². The molecule has 210 valence electrons. The van der Waals surface area contributed by atoms with E-state index >= 15 is 0 Å². The van der Waals surface area contributed by atoms with Gasteiger partial charge in [0.1, 0.15) is 5.15 Å². The molecule has 2 bridgehead atoms. The molecule has 1 aromatic carbocycles. The van der Waals surface area contributed by atoms with Crippen LogP contribution in [-0.4, -0.2) is 23.3 Å². The van der Waals surface area contributed by atoms with E-state index in [9.17, 15) is 0 Å². The Labute approximate surface area is 246 Å². The topological polar surface area (TPSA) is 28.2 Å². The van der Waals surface area contributed by atoms with Gasteiger partial charge in [-0.05, 0) is 110 Å². The van der Waals surface area contributed by atoms with E-state index in [0.717, 1.165) is 69.1 Å². The first-order chi connectivity index (χ1) is 19.0. The monoisotopic (exact) mass is 563 g/mol. The van der Waals surface area contributed by atoms with Gasteiger partial charge in [-0.15, -0.1) is 0 Å². The molecule has 39 heavy (non-hydrogen) atoms. The number of halogens is 1. The van der Waals surface area contributed by atoms with Gasteiger partial charge < -0.3 is 9.62 Å². The van der Waals surface area contributed by atoms with Gasteiger partial charge in [-0.1, -0.05) is 75.7 Å². The molecule has 0 spiro atoms. The minimum absolute atomic E-state index is 0.454. The van der Waals surface area contributed by atoms with Crippen LogP contribution in [0.3, 0.4) is 0 Å². The van der Waals surface area contributed by atoms with Gasteiger partial charge >= 0.3 is 0 Å². The van der Waals surface area contributed by atoms with E-state index in [1.807, 2.05) is 18.0 Å². The Bertz CT molecular complexity index is 1180. The molecule has 5 unspecified atom stereocenters. The highest BCUT2D eigenvalue weighted by molar-refractivity contribution is 7.98. The maximum Gasteiger partial charge on any atom is 0.129 e. The van der Waals surface area contributed by atoms with Crippen molar-refractivity contribution in [2.45, 2.75) is 89.7 Å². The van der Waals surface area contributed by atoms with Crippen molar-refractivity contribution in [1.82, 2.24) is 9.71 Å². The van der Waals surface area contributed by atoms with E-state index in [2.05, 4.69) is 73.4 Å². The summed E-state index contributed by atoms with van der Waals surface area (Å²) in [6, 6.07) is 11.3. The lowest BCUT2D eigenvalue weighted by Gasteiger charge is -2.44. The molecule has 1 saturated carbocycles. The van der Waals surface area contributed by atoms with Crippen molar-refractivity contribution < 1.29 is 0 Å². The molecule has 3 heterocycles. The first-order valence-corrected chi connectivity index (χ1v) is 16.5. The quantitative estimate of drug-likeness (QED) is 0.228. The Morgan fingerprint density at radius 3 is 2.74 bits per heavy atom. The number of aromatic nitrogens is 1. The lowest BCUT2D eigenvalue weighted by molar-refractivity contribution is 0.139. The molecule has 0 saturated heterocycles. The number of nitrogens with one attached hydrogen (secondary N) is 1. The summed E-state index contributed by atoms with van der Waals surface area (Å²) < 4.78 is 3.62. The van der Waals surface area contributed by atoms with Gasteiger partial charge in [-0.3, -0.25) is 0 Å². The van der Waals surface area contributed by atoms with E-state index in [4.69, 9.17) is 16.6 Å². The second-order valence-corrected chi connectivity index (χ2v) is 13.5. The number of hydrogen-bond donors (Lipinski definition) is 1. The van der Waals surface area contributed by atoms with Gasteiger partial charge in [0.25, 0.3) is 0 Å². The van der Waals surface area contributed by atoms with Crippen LogP contribution < -0.4 is 9.62 Å². The Kier molecular flexibility index (Phi) is 9.66. The van der Waals surface area contributed by atoms with Crippen molar-refractivity contribution in [3.05, 3.63) is 76.6 Å². The molecule has 1 aromatic heterocycles. The summed E-state index contributed by atoms with van der Waals surface area (Å²) in [5.74, 6) is 2.62. The van der Waals surface area contributed by atoms with Gasteiger partial charge in [0, 0.05) is 41.3 Å². The number of hydrogen-bond acceptors (Lipinski definition) is 4. The first-order valence-electron chi connectivity index (χ1n) is 15.3. The molecule has 3 aliphatic rings. The molecule has 1 fully saturated rings. The van der Waals surface area contributed by atoms with Crippen LogP contribution >= 0.6 is 23.5 Å². The molecule has 3 nitrogen and oxygen atoms in total. The van der Waals surface area contributed by atoms with Gasteiger partial charge in [0.05, 0.1) is 0 Å². The summed E-state index contributed by atoms with van der Waals surface area (Å²) in [5, 5.41) is 1.21. The number of nitrogens with zero attached hydrogens (tertiary/aromatic N) is 2. The van der Waals surface area contributed by atoms with Crippen LogP contribution in [-0.2, 0) is 12.8 Å². The number of fused-ring (bicyclic) bond motifs is 2. The number of benzene rings is 1. The molecule has 5 heteroatoms. The fraction of sp³-hybridized carbons (Fsp3) is 0.559. The molecule has 1 aliphatic carbocycles. The number of allylic oxidation sites excluding steroid dienone is 2. The van der Waals surface area contributed by atoms with E-state index in [1.165, 1.54) is 47.3 Å². The van der Waals surface area contributed by atoms with Crippen LogP contribution in [0.2, 0.25) is 5.15 Å². The predicted molar refractivity (Wildman–Crippen MR) is 171 cm³/mol. The molecule has 0 radical (unpaired) electrons. The van der Waals surface area contributed by atoms with Gasteiger partial charge in [-0.25, -0.2) is 4.98 Å². The summed E-state index contributed by atoms with van der Waals surface area (Å²) in [5.41, 5.74) is 7.70. The molecule has 2 aliphatic heterocycles. The predicted octanol–water partition coefficient (Wildman–Crippen LogP) is 9.22. The Morgan fingerprint density at radius 1 is 1.10 bits per heavy atom. The molecule has 0 amide bonds. The van der Waals surface area contributed by atoms with Crippen LogP contribution in [0.25, 0.3) is 5.70 Å². The number of anilines is 1. The summed E-state index contributed by atoms with van der Waals surface area (Å²) in [7, 11) is 0. The van der Waals surface area contributed by atoms with E-state index in [-0.39, 0.29) is 0 Å². The Balaban J connectivity index is 1.49. The second-order valence-electron chi connectivity index (χ2n) is 12.0. The van der Waals surface area contributed by atoms with Crippen LogP contribution in [0.5, 0.6) is 0 Å². The third-order valence-corrected chi connectivity index (χ3v) is 10.9. The number of pyridine rings is 1. The largest absolute Gasteiger partial charge is 0.370 e. The van der Waals surface area contributed by atoms with Gasteiger partial charge in [0.2, 0.25) is 0 Å². The average molecular weight is 564 g/mol. The minimum Gasteiger partial charge on any atom is -0.370 e. The SMILES string of the molecule is C=C1NSC(CC)CC/C=C/C(C)C2CCC2CN2CC(c3ccc(Cl)nc3CCC)CCc3ccc1cc32. The summed E-state index contributed by atoms with van der Waals surface area (Å²) in [6.45, 7) is 13.6. The summed E-state index contributed by atoms with van der Waals surface area (Å²) in [6.07, 6.45) is 15.5. The van der Waals surface area contributed by atoms with Gasteiger partial charge in [0.15, 0.2) is 0 Å². The molecular weight excluding hydrogens is 518 g/mol. The Morgan fingerprint density at radius 2 is 1.97 bits per heavy atom. The van der Waals surface area contributed by atoms with Crippen LogP contribution in [0, 0.1) is 17.8 Å². The van der Waals surface area contributed by atoms with Crippen molar-refractivity contribution in [2.24, 2.45) is 17.8 Å². The van der Waals surface area contributed by atoms with Crippen molar-refractivity contribution in [3.63, 3.8) is 0 Å². The van der Waals surface area contributed by atoms with Crippen LogP contribution in [0.15, 0.2) is 49.1 Å². The zero-order valence-corrected chi connectivity index (χ0v) is 25.7. The molecule has 5 atom stereocenters. The van der Waals surface area contributed by atoms with Crippen molar-refractivity contribution >= 4 is 34.9 Å². The van der Waals surface area contributed by atoms with E-state index in [1.54, 1.807) is 0 Å². The fourth-order valence-corrected chi connectivity index (χ4v) is 7.87. The second kappa shape index (κ2) is 13.2. The normalized spacial score (nSPS) is 28.6.